The highest BCUT2D eigenvalue weighted by Crippen LogP contribution is 2.16. The van der Waals surface area contributed by atoms with Crippen LogP contribution in [-0.2, 0) is 6.42 Å². The maximum atomic E-state index is 12.4. The molecule has 1 amide bonds. The van der Waals surface area contributed by atoms with E-state index in [1.54, 1.807) is 4.90 Å². The summed E-state index contributed by atoms with van der Waals surface area (Å²) < 4.78 is 3.82. The van der Waals surface area contributed by atoms with Gasteiger partial charge in [-0.05, 0) is 31.8 Å². The average Bonchev–Trinajstić information content (AvgIpc) is 2.86. The summed E-state index contributed by atoms with van der Waals surface area (Å²) in [5.41, 5.74) is 6.15. The number of nitrogens with zero attached hydrogens (tertiary/aromatic N) is 4. The predicted molar refractivity (Wildman–Crippen MR) is 73.5 cm³/mol. The summed E-state index contributed by atoms with van der Waals surface area (Å²) >= 11 is 1.10. The highest BCUT2D eigenvalue weighted by atomic mass is 32.1. The molecule has 0 atom stereocenters. The fourth-order valence-corrected chi connectivity index (χ4v) is 2.32. The van der Waals surface area contributed by atoms with Crippen LogP contribution in [0, 0.1) is 0 Å². The van der Waals surface area contributed by atoms with Crippen LogP contribution in [0.25, 0.3) is 0 Å². The second-order valence-corrected chi connectivity index (χ2v) is 5.09. The summed E-state index contributed by atoms with van der Waals surface area (Å²) in [5, 5.41) is 15.4. The van der Waals surface area contributed by atoms with Crippen molar-refractivity contribution in [2.45, 2.75) is 39.7 Å². The van der Waals surface area contributed by atoms with E-state index < -0.39 is 0 Å². The summed E-state index contributed by atoms with van der Waals surface area (Å²) in [5.74, 6) is 0.00387. The Morgan fingerprint density at radius 1 is 1.58 bits per heavy atom. The molecule has 0 aromatic carbocycles. The first-order chi connectivity index (χ1) is 9.01. The SMILES string of the molecule is CCc1nnsc1C(=O)N(CCC(N)=NO)C(C)C. The molecule has 0 bridgehead atoms. The molecule has 7 nitrogen and oxygen atoms in total. The minimum Gasteiger partial charge on any atom is -0.409 e. The molecule has 1 aromatic rings. The van der Waals surface area contributed by atoms with Crippen molar-refractivity contribution in [3.8, 4) is 0 Å². The van der Waals surface area contributed by atoms with Crippen molar-refractivity contribution in [3.63, 3.8) is 0 Å². The monoisotopic (exact) mass is 285 g/mol. The maximum Gasteiger partial charge on any atom is 0.267 e. The van der Waals surface area contributed by atoms with Gasteiger partial charge >= 0.3 is 0 Å². The number of amides is 1. The fourth-order valence-electron chi connectivity index (χ4n) is 1.61. The van der Waals surface area contributed by atoms with Gasteiger partial charge < -0.3 is 15.8 Å². The van der Waals surface area contributed by atoms with Crippen LogP contribution in [0.5, 0.6) is 0 Å². The lowest BCUT2D eigenvalue weighted by atomic mass is 10.2. The van der Waals surface area contributed by atoms with Crippen molar-refractivity contribution < 1.29 is 10.0 Å². The second-order valence-electron chi connectivity index (χ2n) is 4.34. The lowest BCUT2D eigenvalue weighted by molar-refractivity contribution is 0.0714. The molecule has 0 aliphatic rings. The van der Waals surface area contributed by atoms with E-state index >= 15 is 0 Å². The molecule has 1 heterocycles. The molecule has 0 spiro atoms. The van der Waals surface area contributed by atoms with Gasteiger partial charge in [-0.2, -0.15) is 0 Å². The standard InChI is InChI=1S/C11H19N5O2S/c1-4-8-10(19-15-13-8)11(17)16(7(2)3)6-5-9(12)14-18/h7,18H,4-6H2,1-3H3,(H2,12,14). The van der Waals surface area contributed by atoms with Gasteiger partial charge in [-0.3, -0.25) is 4.79 Å². The molecule has 0 fully saturated rings. The Bertz CT molecular complexity index is 458. The van der Waals surface area contributed by atoms with E-state index in [1.807, 2.05) is 20.8 Å². The zero-order chi connectivity index (χ0) is 14.4. The van der Waals surface area contributed by atoms with Crippen LogP contribution in [0.2, 0.25) is 0 Å². The zero-order valence-corrected chi connectivity index (χ0v) is 12.1. The van der Waals surface area contributed by atoms with Gasteiger partial charge in [0.15, 0.2) is 0 Å². The first kappa shape index (κ1) is 15.4. The number of aryl methyl sites for hydroxylation is 1. The number of carbonyl (C=O) groups is 1. The molecule has 8 heteroatoms. The van der Waals surface area contributed by atoms with Crippen molar-refractivity contribution in [2.75, 3.05) is 6.54 Å². The number of amidine groups is 1. The predicted octanol–water partition coefficient (Wildman–Crippen LogP) is 1.09. The van der Waals surface area contributed by atoms with Gasteiger partial charge in [0, 0.05) is 19.0 Å². The van der Waals surface area contributed by atoms with Gasteiger partial charge in [0.1, 0.15) is 10.7 Å². The van der Waals surface area contributed by atoms with Gasteiger partial charge in [0.2, 0.25) is 0 Å². The third-order valence-electron chi connectivity index (χ3n) is 2.71. The fraction of sp³-hybridized carbons (Fsp3) is 0.636. The Balaban J connectivity index is 2.84. The Morgan fingerprint density at radius 2 is 2.26 bits per heavy atom. The second kappa shape index (κ2) is 7.03. The molecule has 1 aromatic heterocycles. The van der Waals surface area contributed by atoms with Crippen molar-refractivity contribution >= 4 is 23.3 Å². The molecule has 0 saturated carbocycles. The molecule has 0 unspecified atom stereocenters. The van der Waals surface area contributed by atoms with Gasteiger partial charge in [-0.1, -0.05) is 16.6 Å². The third kappa shape index (κ3) is 3.88. The first-order valence-electron chi connectivity index (χ1n) is 6.09. The lowest BCUT2D eigenvalue weighted by Crippen LogP contribution is -2.39. The first-order valence-corrected chi connectivity index (χ1v) is 6.87. The highest BCUT2D eigenvalue weighted by Gasteiger charge is 2.23. The number of carbonyl (C=O) groups excluding carboxylic acids is 1. The van der Waals surface area contributed by atoms with E-state index in [2.05, 4.69) is 14.7 Å². The number of hydrogen-bond acceptors (Lipinski definition) is 6. The van der Waals surface area contributed by atoms with Crippen molar-refractivity contribution in [1.82, 2.24) is 14.5 Å². The van der Waals surface area contributed by atoms with Gasteiger partial charge in [-0.25, -0.2) is 0 Å². The van der Waals surface area contributed by atoms with E-state index in [9.17, 15) is 4.79 Å². The molecule has 0 saturated heterocycles. The van der Waals surface area contributed by atoms with Crippen LogP contribution in [0.4, 0.5) is 0 Å². The number of hydrogen-bond donors (Lipinski definition) is 2. The van der Waals surface area contributed by atoms with E-state index in [-0.39, 0.29) is 17.8 Å². The molecule has 0 aliphatic carbocycles. The highest BCUT2D eigenvalue weighted by molar-refractivity contribution is 7.08. The van der Waals surface area contributed by atoms with E-state index in [4.69, 9.17) is 10.9 Å². The van der Waals surface area contributed by atoms with Crippen molar-refractivity contribution in [2.24, 2.45) is 10.9 Å². The molecular weight excluding hydrogens is 266 g/mol. The van der Waals surface area contributed by atoms with Gasteiger partial charge in [-0.15, -0.1) is 5.10 Å². The maximum absolute atomic E-state index is 12.4. The smallest absolute Gasteiger partial charge is 0.267 e. The van der Waals surface area contributed by atoms with E-state index in [0.717, 1.165) is 11.5 Å². The van der Waals surface area contributed by atoms with Crippen LogP contribution >= 0.6 is 11.5 Å². The Morgan fingerprint density at radius 3 is 2.79 bits per heavy atom. The topological polar surface area (TPSA) is 105 Å². The average molecular weight is 285 g/mol. The summed E-state index contributed by atoms with van der Waals surface area (Å²) in [7, 11) is 0. The minimum absolute atomic E-state index is 0.0193. The third-order valence-corrected chi connectivity index (χ3v) is 3.46. The van der Waals surface area contributed by atoms with Crippen LogP contribution in [0.3, 0.4) is 0 Å². The van der Waals surface area contributed by atoms with E-state index in [0.29, 0.717) is 30.0 Å². The molecule has 106 valence electrons. The number of oxime groups is 1. The van der Waals surface area contributed by atoms with E-state index in [1.165, 1.54) is 0 Å². The largest absolute Gasteiger partial charge is 0.409 e. The molecule has 0 radical (unpaired) electrons. The van der Waals surface area contributed by atoms with Crippen molar-refractivity contribution in [3.05, 3.63) is 10.6 Å². The van der Waals surface area contributed by atoms with Gasteiger partial charge in [0.25, 0.3) is 5.91 Å². The number of aromatic nitrogens is 2. The van der Waals surface area contributed by atoms with Crippen molar-refractivity contribution in [1.29, 1.82) is 0 Å². The molecular formula is C11H19N5O2S. The summed E-state index contributed by atoms with van der Waals surface area (Å²) in [6, 6.07) is 0.0193. The Hall–Kier alpha value is -1.70. The van der Waals surface area contributed by atoms with Crippen LogP contribution in [-0.4, -0.2) is 44.0 Å². The molecule has 1 rings (SSSR count). The quantitative estimate of drug-likeness (QED) is 0.352. The normalized spacial score (nSPS) is 11.9. The molecule has 0 aliphatic heterocycles. The number of rotatable bonds is 6. The number of nitrogens with two attached hydrogens (primary N) is 1. The Kier molecular flexibility index (Phi) is 5.68. The summed E-state index contributed by atoms with van der Waals surface area (Å²) in [4.78, 5) is 14.7. The minimum atomic E-state index is -0.104. The summed E-state index contributed by atoms with van der Waals surface area (Å²) in [6.45, 7) is 6.17. The van der Waals surface area contributed by atoms with Crippen LogP contribution in [0.15, 0.2) is 5.16 Å². The van der Waals surface area contributed by atoms with Gasteiger partial charge in [0.05, 0.1) is 5.69 Å². The van der Waals surface area contributed by atoms with Crippen LogP contribution < -0.4 is 5.73 Å². The Labute approximate surface area is 116 Å². The zero-order valence-electron chi connectivity index (χ0n) is 11.3. The molecule has 3 N–H and O–H groups in total. The lowest BCUT2D eigenvalue weighted by Gasteiger charge is -2.26. The van der Waals surface area contributed by atoms with Crippen LogP contribution in [0.1, 0.15) is 42.6 Å². The summed E-state index contributed by atoms with van der Waals surface area (Å²) in [6.07, 6.45) is 0.998. The molecule has 19 heavy (non-hydrogen) atoms.